The van der Waals surface area contributed by atoms with Crippen molar-refractivity contribution in [2.75, 3.05) is 26.7 Å². The second-order valence-corrected chi connectivity index (χ2v) is 7.83. The molecule has 1 aliphatic rings. The summed E-state index contributed by atoms with van der Waals surface area (Å²) in [5.41, 5.74) is -0.950. The maximum atomic E-state index is 12.8. The molecule has 1 N–H and O–H groups in total. The van der Waals surface area contributed by atoms with Crippen molar-refractivity contribution < 1.29 is 27.4 Å². The van der Waals surface area contributed by atoms with Crippen LogP contribution in [0.1, 0.15) is 33.6 Å². The van der Waals surface area contributed by atoms with Gasteiger partial charge in [-0.05, 0) is 51.9 Å². The monoisotopic (exact) mass is 403 g/mol. The van der Waals surface area contributed by atoms with E-state index < -0.39 is 17.5 Å². The lowest BCUT2D eigenvalue weighted by molar-refractivity contribution is -0.275. The highest BCUT2D eigenvalue weighted by atomic mass is 19.4. The molecule has 28 heavy (non-hydrogen) atoms. The van der Waals surface area contributed by atoms with Gasteiger partial charge in [0, 0.05) is 18.8 Å². The van der Waals surface area contributed by atoms with E-state index in [4.69, 9.17) is 4.74 Å². The van der Waals surface area contributed by atoms with Crippen LogP contribution in [0, 0.1) is 11.3 Å². The number of amides is 1. The van der Waals surface area contributed by atoms with E-state index in [0.717, 1.165) is 32.0 Å². The van der Waals surface area contributed by atoms with Crippen molar-refractivity contribution in [1.82, 2.24) is 15.2 Å². The summed E-state index contributed by atoms with van der Waals surface area (Å²) in [4.78, 5) is 18.8. The average molecular weight is 403 g/mol. The van der Waals surface area contributed by atoms with Crippen molar-refractivity contribution in [3.8, 4) is 11.6 Å². The first-order valence-corrected chi connectivity index (χ1v) is 9.35. The Balaban J connectivity index is 1.99. The topological polar surface area (TPSA) is 63.7 Å². The molecule has 1 aliphatic heterocycles. The van der Waals surface area contributed by atoms with Crippen molar-refractivity contribution in [2.24, 2.45) is 11.3 Å². The zero-order valence-corrected chi connectivity index (χ0v) is 16.7. The van der Waals surface area contributed by atoms with Crippen molar-refractivity contribution >= 4 is 5.91 Å². The maximum absolute atomic E-state index is 12.8. The van der Waals surface area contributed by atoms with Gasteiger partial charge in [-0.1, -0.05) is 13.3 Å². The normalized spacial score (nSPS) is 21.2. The van der Waals surface area contributed by atoms with Crippen molar-refractivity contribution in [2.45, 2.75) is 46.0 Å². The van der Waals surface area contributed by atoms with Crippen LogP contribution in [0.2, 0.25) is 0 Å². The fraction of sp³-hybridized carbons (Fsp3) is 0.684. The number of aromatic nitrogens is 1. The lowest BCUT2D eigenvalue weighted by Crippen LogP contribution is -2.53. The summed E-state index contributed by atoms with van der Waals surface area (Å²) < 4.78 is 46.9. The van der Waals surface area contributed by atoms with E-state index in [1.807, 2.05) is 0 Å². The number of halogens is 3. The number of hydrogen-bond donors (Lipinski definition) is 1. The Morgan fingerprint density at radius 1 is 1.39 bits per heavy atom. The van der Waals surface area contributed by atoms with E-state index in [1.54, 1.807) is 13.8 Å². The molecule has 0 saturated carbocycles. The quantitative estimate of drug-likeness (QED) is 0.757. The molecule has 6 nitrogen and oxygen atoms in total. The second kappa shape index (κ2) is 8.98. The predicted octanol–water partition coefficient (Wildman–Crippen LogP) is 3.23. The van der Waals surface area contributed by atoms with Crippen LogP contribution in [0.25, 0.3) is 0 Å². The summed E-state index contributed by atoms with van der Waals surface area (Å²) in [7, 11) is 2.06. The highest BCUT2D eigenvalue weighted by Crippen LogP contribution is 2.31. The summed E-state index contributed by atoms with van der Waals surface area (Å²) in [6, 6.07) is 2.51. The molecular weight excluding hydrogens is 375 g/mol. The minimum Gasteiger partial charge on any atom is -0.474 e. The van der Waals surface area contributed by atoms with Crippen LogP contribution >= 0.6 is 0 Å². The third-order valence-corrected chi connectivity index (χ3v) is 4.92. The molecule has 1 amide bonds. The van der Waals surface area contributed by atoms with Crippen LogP contribution in [0.5, 0.6) is 11.6 Å². The summed E-state index contributed by atoms with van der Waals surface area (Å²) in [6.07, 6.45) is -1.73. The van der Waals surface area contributed by atoms with E-state index in [0.29, 0.717) is 5.92 Å². The zero-order chi connectivity index (χ0) is 20.9. The van der Waals surface area contributed by atoms with Gasteiger partial charge in [-0.3, -0.25) is 4.79 Å². The molecule has 9 heteroatoms. The molecule has 2 atom stereocenters. The molecule has 2 rings (SSSR count). The summed E-state index contributed by atoms with van der Waals surface area (Å²) >= 11 is 0. The number of piperidine rings is 1. The van der Waals surface area contributed by atoms with Gasteiger partial charge >= 0.3 is 6.36 Å². The third kappa shape index (κ3) is 6.25. The Labute approximate surface area is 163 Å². The lowest BCUT2D eigenvalue weighted by Gasteiger charge is -2.38. The van der Waals surface area contributed by atoms with Gasteiger partial charge in [0.15, 0.2) is 5.75 Å². The van der Waals surface area contributed by atoms with Crippen molar-refractivity contribution in [3.63, 3.8) is 0 Å². The van der Waals surface area contributed by atoms with Crippen LogP contribution < -0.4 is 14.8 Å². The van der Waals surface area contributed by atoms with Gasteiger partial charge in [-0.15, -0.1) is 13.2 Å². The molecule has 0 aliphatic carbocycles. The minimum atomic E-state index is -4.85. The van der Waals surface area contributed by atoms with E-state index in [1.165, 1.54) is 12.3 Å². The second-order valence-electron chi connectivity index (χ2n) is 7.83. The first kappa shape index (κ1) is 22.3. The zero-order valence-electron chi connectivity index (χ0n) is 16.7. The SMILES string of the molecule is CC[C@@H]1CN(C)CC[C@H]1NC(=O)C(C)(C)COc1ncccc1OC(F)(F)F. The minimum absolute atomic E-state index is 0.0759. The van der Waals surface area contributed by atoms with E-state index >= 15 is 0 Å². The maximum Gasteiger partial charge on any atom is 0.573 e. The lowest BCUT2D eigenvalue weighted by atomic mass is 9.87. The number of ether oxygens (including phenoxy) is 2. The fourth-order valence-electron chi connectivity index (χ4n) is 3.18. The molecule has 158 valence electrons. The van der Waals surface area contributed by atoms with E-state index in [2.05, 4.69) is 33.9 Å². The number of hydrogen-bond acceptors (Lipinski definition) is 5. The Morgan fingerprint density at radius 3 is 2.75 bits per heavy atom. The summed E-state index contributed by atoms with van der Waals surface area (Å²) in [5, 5.41) is 3.09. The van der Waals surface area contributed by atoms with Crippen LogP contribution in [-0.4, -0.2) is 54.9 Å². The van der Waals surface area contributed by atoms with Gasteiger partial charge < -0.3 is 19.7 Å². The van der Waals surface area contributed by atoms with Crippen molar-refractivity contribution in [3.05, 3.63) is 18.3 Å². The molecule has 1 aromatic heterocycles. The van der Waals surface area contributed by atoms with Crippen LogP contribution in [0.15, 0.2) is 18.3 Å². The van der Waals surface area contributed by atoms with Crippen LogP contribution in [0.3, 0.4) is 0 Å². The molecule has 0 bridgehead atoms. The van der Waals surface area contributed by atoms with Crippen LogP contribution in [0.4, 0.5) is 13.2 Å². The summed E-state index contributed by atoms with van der Waals surface area (Å²) in [5.74, 6) is -0.671. The number of rotatable bonds is 7. The molecule has 1 saturated heterocycles. The predicted molar refractivity (Wildman–Crippen MR) is 98.0 cm³/mol. The number of nitrogens with one attached hydrogen (secondary N) is 1. The Morgan fingerprint density at radius 2 is 2.11 bits per heavy atom. The Bertz CT molecular complexity index is 667. The third-order valence-electron chi connectivity index (χ3n) is 4.92. The number of nitrogens with zero attached hydrogens (tertiary/aromatic N) is 2. The number of pyridine rings is 1. The van der Waals surface area contributed by atoms with Gasteiger partial charge in [-0.25, -0.2) is 4.98 Å². The van der Waals surface area contributed by atoms with E-state index in [-0.39, 0.29) is 24.4 Å². The van der Waals surface area contributed by atoms with Crippen molar-refractivity contribution in [1.29, 1.82) is 0 Å². The number of carbonyl (C=O) groups excluding carboxylic acids is 1. The van der Waals surface area contributed by atoms with E-state index in [9.17, 15) is 18.0 Å². The van der Waals surface area contributed by atoms with Crippen LogP contribution in [-0.2, 0) is 4.79 Å². The Kier molecular flexibility index (Phi) is 7.14. The average Bonchev–Trinajstić information content (AvgIpc) is 2.61. The molecule has 0 unspecified atom stereocenters. The first-order chi connectivity index (χ1) is 13.0. The molecule has 1 aromatic rings. The Hall–Kier alpha value is -2.03. The summed E-state index contributed by atoms with van der Waals surface area (Å²) in [6.45, 7) is 7.17. The number of carbonyl (C=O) groups is 1. The molecule has 0 radical (unpaired) electrons. The highest BCUT2D eigenvalue weighted by Gasteiger charge is 2.36. The molecule has 2 heterocycles. The molecule has 0 spiro atoms. The molecular formula is C19H28F3N3O3. The number of alkyl halides is 3. The largest absolute Gasteiger partial charge is 0.573 e. The standard InChI is InChI=1S/C19H28F3N3O3/c1-5-13-11-25(4)10-8-14(13)24-17(26)18(2,3)12-27-16-15(7-6-9-23-16)28-19(20,21)22/h6-7,9,13-14H,5,8,10-12H2,1-4H3,(H,24,26)/t13-,14-/m1/s1. The molecule has 1 fully saturated rings. The highest BCUT2D eigenvalue weighted by molar-refractivity contribution is 5.82. The molecule has 0 aromatic carbocycles. The smallest absolute Gasteiger partial charge is 0.474 e. The van der Waals surface area contributed by atoms with Gasteiger partial charge in [0.05, 0.1) is 5.41 Å². The van der Waals surface area contributed by atoms with Gasteiger partial charge in [0.2, 0.25) is 5.91 Å². The van der Waals surface area contributed by atoms with Gasteiger partial charge in [0.25, 0.3) is 5.88 Å². The van der Waals surface area contributed by atoms with Gasteiger partial charge in [0.1, 0.15) is 6.61 Å². The number of likely N-dealkylation sites (tertiary alicyclic amines) is 1. The first-order valence-electron chi connectivity index (χ1n) is 9.35. The fourth-order valence-corrected chi connectivity index (χ4v) is 3.18. The van der Waals surface area contributed by atoms with Gasteiger partial charge in [-0.2, -0.15) is 0 Å².